The third-order valence-corrected chi connectivity index (χ3v) is 2.46. The highest BCUT2D eigenvalue weighted by Crippen LogP contribution is 2.24. The zero-order valence-electron chi connectivity index (χ0n) is 6.37. The molecule has 0 radical (unpaired) electrons. The molecule has 5 heteroatoms. The number of hydrogen-bond acceptors (Lipinski definition) is 3. The van der Waals surface area contributed by atoms with Crippen molar-refractivity contribution in [3.63, 3.8) is 0 Å². The molecular formula is C8H4ClFN2S. The first-order valence-corrected chi connectivity index (χ1v) is 4.73. The number of aromatic nitrogens is 2. The molecule has 2 heterocycles. The van der Waals surface area contributed by atoms with Crippen LogP contribution in [0.4, 0.5) is 4.39 Å². The zero-order valence-corrected chi connectivity index (χ0v) is 7.94. The van der Waals surface area contributed by atoms with E-state index in [0.29, 0.717) is 15.7 Å². The maximum Gasteiger partial charge on any atom is 0.184 e. The molecule has 0 unspecified atom stereocenters. The summed E-state index contributed by atoms with van der Waals surface area (Å²) in [6.45, 7) is 0. The molecule has 0 amide bonds. The smallest absolute Gasteiger partial charge is 0.184 e. The number of pyridine rings is 1. The van der Waals surface area contributed by atoms with Crippen LogP contribution in [0.1, 0.15) is 0 Å². The fourth-order valence-electron chi connectivity index (χ4n) is 0.936. The van der Waals surface area contributed by atoms with E-state index in [0.717, 1.165) is 6.20 Å². The molecule has 0 aliphatic heterocycles. The van der Waals surface area contributed by atoms with Crippen LogP contribution in [0.3, 0.4) is 0 Å². The summed E-state index contributed by atoms with van der Waals surface area (Å²) in [4.78, 5) is 7.72. The van der Waals surface area contributed by atoms with Gasteiger partial charge >= 0.3 is 0 Å². The van der Waals surface area contributed by atoms with Gasteiger partial charge in [0, 0.05) is 17.1 Å². The van der Waals surface area contributed by atoms with Gasteiger partial charge in [-0.2, -0.15) is 0 Å². The van der Waals surface area contributed by atoms with E-state index in [1.54, 1.807) is 11.6 Å². The van der Waals surface area contributed by atoms with Gasteiger partial charge in [-0.25, -0.2) is 9.37 Å². The first-order chi connectivity index (χ1) is 6.25. The molecule has 0 aliphatic carbocycles. The molecule has 0 bridgehead atoms. The Morgan fingerprint density at radius 1 is 1.38 bits per heavy atom. The van der Waals surface area contributed by atoms with Crippen molar-refractivity contribution in [1.82, 2.24) is 9.97 Å². The van der Waals surface area contributed by atoms with E-state index in [2.05, 4.69) is 9.97 Å². The van der Waals surface area contributed by atoms with Gasteiger partial charge in [-0.15, -0.1) is 11.3 Å². The molecule has 2 aromatic heterocycles. The van der Waals surface area contributed by atoms with Crippen LogP contribution in [0, 0.1) is 5.82 Å². The number of halogens is 2. The maximum atomic E-state index is 12.7. The second-order valence-electron chi connectivity index (χ2n) is 2.38. The van der Waals surface area contributed by atoms with Crippen molar-refractivity contribution in [3.8, 4) is 11.3 Å². The number of hydrogen-bond donors (Lipinski definition) is 0. The van der Waals surface area contributed by atoms with Gasteiger partial charge in [0.25, 0.3) is 0 Å². The highest BCUT2D eigenvalue weighted by atomic mass is 35.5. The third-order valence-electron chi connectivity index (χ3n) is 1.48. The Morgan fingerprint density at radius 2 is 2.23 bits per heavy atom. The minimum Gasteiger partial charge on any atom is -0.261 e. The molecule has 2 rings (SSSR count). The maximum absolute atomic E-state index is 12.7. The molecular weight excluding hydrogens is 211 g/mol. The quantitative estimate of drug-likeness (QED) is 0.729. The minimum atomic E-state index is -0.373. The Kier molecular flexibility index (Phi) is 2.24. The summed E-state index contributed by atoms with van der Waals surface area (Å²) in [6.07, 6.45) is 2.70. The van der Waals surface area contributed by atoms with Crippen LogP contribution in [-0.4, -0.2) is 9.97 Å². The van der Waals surface area contributed by atoms with Gasteiger partial charge in [-0.05, 0) is 6.07 Å². The van der Waals surface area contributed by atoms with Crippen molar-refractivity contribution in [1.29, 1.82) is 0 Å². The molecule has 2 aromatic rings. The van der Waals surface area contributed by atoms with Crippen molar-refractivity contribution >= 4 is 22.9 Å². The average Bonchev–Trinajstić information content (AvgIpc) is 2.52. The molecule has 0 fully saturated rings. The van der Waals surface area contributed by atoms with Crippen LogP contribution in [0.2, 0.25) is 4.47 Å². The van der Waals surface area contributed by atoms with E-state index in [1.807, 2.05) is 0 Å². The van der Waals surface area contributed by atoms with Crippen LogP contribution < -0.4 is 0 Å². The molecule has 0 saturated carbocycles. The molecule has 0 N–H and O–H groups in total. The zero-order chi connectivity index (χ0) is 9.26. The van der Waals surface area contributed by atoms with E-state index in [9.17, 15) is 4.39 Å². The van der Waals surface area contributed by atoms with Gasteiger partial charge in [0.15, 0.2) is 4.47 Å². The number of rotatable bonds is 1. The molecule has 0 saturated heterocycles. The Morgan fingerprint density at radius 3 is 2.85 bits per heavy atom. The van der Waals surface area contributed by atoms with Crippen molar-refractivity contribution in [2.75, 3.05) is 0 Å². The highest BCUT2D eigenvalue weighted by Gasteiger charge is 2.03. The van der Waals surface area contributed by atoms with Crippen molar-refractivity contribution in [2.24, 2.45) is 0 Å². The van der Waals surface area contributed by atoms with Gasteiger partial charge in [0.05, 0.1) is 11.9 Å². The van der Waals surface area contributed by atoms with Crippen LogP contribution in [0.15, 0.2) is 23.8 Å². The topological polar surface area (TPSA) is 25.8 Å². The van der Waals surface area contributed by atoms with Crippen LogP contribution in [-0.2, 0) is 0 Å². The normalized spacial score (nSPS) is 10.3. The summed E-state index contributed by atoms with van der Waals surface area (Å²) in [5.74, 6) is -0.373. The Bertz CT molecular complexity index is 430. The van der Waals surface area contributed by atoms with Crippen LogP contribution >= 0.6 is 22.9 Å². The van der Waals surface area contributed by atoms with Crippen molar-refractivity contribution < 1.29 is 4.39 Å². The lowest BCUT2D eigenvalue weighted by atomic mass is 10.2. The summed E-state index contributed by atoms with van der Waals surface area (Å²) in [7, 11) is 0. The predicted octanol–water partition coefficient (Wildman–Crippen LogP) is 3.00. The SMILES string of the molecule is Fc1cncc(-c2csc(Cl)n2)c1. The fraction of sp³-hybridized carbons (Fsp3) is 0. The lowest BCUT2D eigenvalue weighted by molar-refractivity contribution is 0.622. The lowest BCUT2D eigenvalue weighted by Gasteiger charge is -1.94. The van der Waals surface area contributed by atoms with Crippen LogP contribution in [0.5, 0.6) is 0 Å². The van der Waals surface area contributed by atoms with Gasteiger partial charge in [-0.1, -0.05) is 11.6 Å². The molecule has 2 nitrogen and oxygen atoms in total. The molecule has 66 valence electrons. The summed E-state index contributed by atoms with van der Waals surface area (Å²) in [5, 5.41) is 1.76. The second kappa shape index (κ2) is 3.40. The Hall–Kier alpha value is -1.00. The van der Waals surface area contributed by atoms with E-state index >= 15 is 0 Å². The molecule has 0 aromatic carbocycles. The van der Waals surface area contributed by atoms with E-state index in [1.165, 1.54) is 17.4 Å². The largest absolute Gasteiger partial charge is 0.261 e. The fourth-order valence-corrected chi connectivity index (χ4v) is 1.71. The minimum absolute atomic E-state index is 0.373. The Balaban J connectivity index is 2.46. The molecule has 0 aliphatic rings. The van der Waals surface area contributed by atoms with Gasteiger partial charge in [-0.3, -0.25) is 4.98 Å². The second-order valence-corrected chi connectivity index (χ2v) is 3.82. The first-order valence-electron chi connectivity index (χ1n) is 3.47. The Labute approximate surface area is 83.0 Å². The lowest BCUT2D eigenvalue weighted by Crippen LogP contribution is -1.82. The first kappa shape index (κ1) is 8.59. The third kappa shape index (κ3) is 1.84. The van der Waals surface area contributed by atoms with E-state index < -0.39 is 0 Å². The predicted molar refractivity (Wildman–Crippen MR) is 50.3 cm³/mol. The average molecular weight is 215 g/mol. The summed E-state index contributed by atoms with van der Waals surface area (Å²) in [5.41, 5.74) is 1.30. The summed E-state index contributed by atoms with van der Waals surface area (Å²) >= 11 is 6.95. The number of thiazole rings is 1. The van der Waals surface area contributed by atoms with Gasteiger partial charge in [0.2, 0.25) is 0 Å². The van der Waals surface area contributed by atoms with Crippen molar-refractivity contribution in [3.05, 3.63) is 34.1 Å². The number of nitrogens with zero attached hydrogens (tertiary/aromatic N) is 2. The van der Waals surface area contributed by atoms with E-state index in [4.69, 9.17) is 11.6 Å². The monoisotopic (exact) mass is 214 g/mol. The molecule has 0 atom stereocenters. The van der Waals surface area contributed by atoms with E-state index in [-0.39, 0.29) is 5.82 Å². The standard InChI is InChI=1S/C8H4ClFN2S/c9-8-12-7(4-13-8)5-1-6(10)3-11-2-5/h1-4H. The molecule has 0 spiro atoms. The van der Waals surface area contributed by atoms with Crippen LogP contribution in [0.25, 0.3) is 11.3 Å². The summed E-state index contributed by atoms with van der Waals surface area (Å²) in [6, 6.07) is 1.37. The highest BCUT2D eigenvalue weighted by molar-refractivity contribution is 7.14. The summed E-state index contributed by atoms with van der Waals surface area (Å²) < 4.78 is 13.2. The van der Waals surface area contributed by atoms with Crippen molar-refractivity contribution in [2.45, 2.75) is 0 Å². The van der Waals surface area contributed by atoms with Gasteiger partial charge < -0.3 is 0 Å². The molecule has 13 heavy (non-hydrogen) atoms. The van der Waals surface area contributed by atoms with Gasteiger partial charge in [0.1, 0.15) is 5.82 Å².